The molecule has 2 aromatic heterocycles. The summed E-state index contributed by atoms with van der Waals surface area (Å²) in [6.07, 6.45) is 7.56. The molecule has 9 heteroatoms. The Bertz CT molecular complexity index is 1210. The van der Waals surface area contributed by atoms with Gasteiger partial charge in [0.25, 0.3) is 5.88 Å². The molecule has 0 spiro atoms. The normalized spacial score (nSPS) is 25.2. The highest BCUT2D eigenvalue weighted by atomic mass is 19.1. The Morgan fingerprint density at radius 2 is 1.94 bits per heavy atom. The lowest BCUT2D eigenvalue weighted by Gasteiger charge is -2.45. The van der Waals surface area contributed by atoms with Gasteiger partial charge in [-0.25, -0.2) is 14.4 Å². The van der Waals surface area contributed by atoms with Crippen LogP contribution in [0.4, 0.5) is 10.2 Å². The molecule has 176 valence electrons. The van der Waals surface area contributed by atoms with Gasteiger partial charge in [-0.1, -0.05) is 18.9 Å². The molecule has 3 aliphatic rings. The summed E-state index contributed by atoms with van der Waals surface area (Å²) in [5, 5.41) is 19.2. The molecule has 1 aliphatic heterocycles. The van der Waals surface area contributed by atoms with Crippen molar-refractivity contribution in [3.8, 4) is 39.9 Å². The van der Waals surface area contributed by atoms with Gasteiger partial charge in [0.2, 0.25) is 6.79 Å². The van der Waals surface area contributed by atoms with Crippen molar-refractivity contribution >= 4 is 5.82 Å². The zero-order chi connectivity index (χ0) is 23.2. The number of ether oxygens (including phenoxy) is 2. The predicted molar refractivity (Wildman–Crippen MR) is 123 cm³/mol. The van der Waals surface area contributed by atoms with Crippen molar-refractivity contribution in [2.45, 2.75) is 44.3 Å². The van der Waals surface area contributed by atoms with E-state index in [0.717, 1.165) is 36.8 Å². The SMILES string of the molecule is CN(c1cnc(-c2ccc(-c3cnc4c(c3)OCO4)cc2O)nn1)[C@H]1C[C@@H]2CCC[C@@H](C2)[C@H]1F. The van der Waals surface area contributed by atoms with Crippen molar-refractivity contribution in [3.63, 3.8) is 0 Å². The van der Waals surface area contributed by atoms with Gasteiger partial charge in [-0.2, -0.15) is 0 Å². The maximum atomic E-state index is 15.1. The smallest absolute Gasteiger partial charge is 0.260 e. The number of rotatable bonds is 4. The van der Waals surface area contributed by atoms with Crippen LogP contribution in [0.5, 0.6) is 17.4 Å². The van der Waals surface area contributed by atoms with Crippen LogP contribution in [0.2, 0.25) is 0 Å². The zero-order valence-electron chi connectivity index (χ0n) is 18.9. The van der Waals surface area contributed by atoms with Gasteiger partial charge in [0.1, 0.15) is 11.9 Å². The number of phenols is 1. The summed E-state index contributed by atoms with van der Waals surface area (Å²) >= 11 is 0. The maximum Gasteiger partial charge on any atom is 0.260 e. The van der Waals surface area contributed by atoms with Gasteiger partial charge in [-0.05, 0) is 54.9 Å². The Hall–Kier alpha value is -3.49. The molecular formula is C25H26FN5O3. The van der Waals surface area contributed by atoms with Crippen molar-refractivity contribution in [3.05, 3.63) is 36.7 Å². The highest BCUT2D eigenvalue weighted by Gasteiger charge is 2.42. The van der Waals surface area contributed by atoms with E-state index in [4.69, 9.17) is 9.47 Å². The summed E-state index contributed by atoms with van der Waals surface area (Å²) in [7, 11) is 1.87. The van der Waals surface area contributed by atoms with Gasteiger partial charge in [0.15, 0.2) is 17.4 Å². The first kappa shape index (κ1) is 21.1. The molecule has 1 aromatic carbocycles. The summed E-state index contributed by atoms with van der Waals surface area (Å²) in [6, 6.07) is 6.85. The van der Waals surface area contributed by atoms with Crippen molar-refractivity contribution in [2.24, 2.45) is 11.8 Å². The number of aromatic nitrogens is 4. The number of aromatic hydroxyl groups is 1. The van der Waals surface area contributed by atoms with Gasteiger partial charge < -0.3 is 19.5 Å². The molecule has 34 heavy (non-hydrogen) atoms. The molecule has 0 unspecified atom stereocenters. The third-order valence-electron chi connectivity index (χ3n) is 7.42. The molecule has 3 aromatic rings. The van der Waals surface area contributed by atoms with Crippen molar-refractivity contribution < 1.29 is 19.0 Å². The van der Waals surface area contributed by atoms with Crippen LogP contribution in [0.1, 0.15) is 32.1 Å². The van der Waals surface area contributed by atoms with E-state index in [1.165, 1.54) is 6.42 Å². The quantitative estimate of drug-likeness (QED) is 0.609. The van der Waals surface area contributed by atoms with Crippen LogP contribution < -0.4 is 14.4 Å². The Balaban J connectivity index is 1.21. The number of benzene rings is 1. The molecule has 2 bridgehead atoms. The number of halogens is 1. The number of nitrogens with zero attached hydrogens (tertiary/aromatic N) is 5. The number of anilines is 1. The lowest BCUT2D eigenvalue weighted by molar-refractivity contribution is 0.0656. The topological polar surface area (TPSA) is 93.5 Å². The molecule has 2 saturated carbocycles. The maximum absolute atomic E-state index is 15.1. The third kappa shape index (κ3) is 3.69. The average Bonchev–Trinajstić information content (AvgIpc) is 3.34. The molecule has 1 N–H and O–H groups in total. The van der Waals surface area contributed by atoms with E-state index in [-0.39, 0.29) is 24.5 Å². The highest BCUT2D eigenvalue weighted by molar-refractivity contribution is 5.73. The fourth-order valence-electron chi connectivity index (χ4n) is 5.57. The summed E-state index contributed by atoms with van der Waals surface area (Å²) in [5.41, 5.74) is 2.03. The molecule has 3 heterocycles. The van der Waals surface area contributed by atoms with Crippen molar-refractivity contribution in [2.75, 3.05) is 18.7 Å². The second kappa shape index (κ2) is 8.38. The second-order valence-electron chi connectivity index (χ2n) is 9.46. The standard InChI is InChI=1S/C25H26FN5O3/c1-31(19-8-14-3-2-4-16(7-14)23(19)26)22-12-27-24(30-29-22)18-6-5-15(9-20(18)32)17-10-21-25(28-11-17)34-13-33-21/h5-6,9-12,14,16,19,23,32H,2-4,7-8,13H2,1H3/t14-,16+,19+,23-/m1/s1. The van der Waals surface area contributed by atoms with E-state index in [2.05, 4.69) is 20.2 Å². The molecule has 8 nitrogen and oxygen atoms in total. The number of hydrogen-bond acceptors (Lipinski definition) is 8. The van der Waals surface area contributed by atoms with E-state index >= 15 is 4.39 Å². The minimum absolute atomic E-state index is 0.0296. The van der Waals surface area contributed by atoms with E-state index < -0.39 is 6.17 Å². The lowest BCUT2D eigenvalue weighted by atomic mass is 9.69. The first-order valence-electron chi connectivity index (χ1n) is 11.7. The summed E-state index contributed by atoms with van der Waals surface area (Å²) in [4.78, 5) is 10.5. The van der Waals surface area contributed by atoms with Gasteiger partial charge in [-0.3, -0.25) is 0 Å². The number of alkyl halides is 1. The predicted octanol–water partition coefficient (Wildman–Crippen LogP) is 4.39. The Labute approximate surface area is 196 Å². The average molecular weight is 464 g/mol. The first-order chi connectivity index (χ1) is 16.6. The van der Waals surface area contributed by atoms with Gasteiger partial charge in [-0.15, -0.1) is 10.2 Å². The molecular weight excluding hydrogens is 437 g/mol. The van der Waals surface area contributed by atoms with Crippen molar-refractivity contribution in [1.29, 1.82) is 0 Å². The van der Waals surface area contributed by atoms with Crippen LogP contribution in [0.25, 0.3) is 22.5 Å². The number of hydrogen-bond donors (Lipinski definition) is 1. The molecule has 0 amide bonds. The van der Waals surface area contributed by atoms with Crippen LogP contribution in [0, 0.1) is 11.8 Å². The monoisotopic (exact) mass is 463 g/mol. The molecule has 2 fully saturated rings. The Kier molecular flexibility index (Phi) is 5.19. The Morgan fingerprint density at radius 3 is 2.76 bits per heavy atom. The molecule has 0 radical (unpaired) electrons. The van der Waals surface area contributed by atoms with Gasteiger partial charge in [0, 0.05) is 18.8 Å². The van der Waals surface area contributed by atoms with E-state index in [1.54, 1.807) is 24.5 Å². The first-order valence-corrected chi connectivity index (χ1v) is 11.7. The Morgan fingerprint density at radius 1 is 1.03 bits per heavy atom. The molecule has 4 atom stereocenters. The lowest BCUT2D eigenvalue weighted by Crippen LogP contribution is -2.49. The summed E-state index contributed by atoms with van der Waals surface area (Å²) in [5.74, 6) is 2.66. The largest absolute Gasteiger partial charge is 0.507 e. The van der Waals surface area contributed by atoms with Crippen LogP contribution in [-0.2, 0) is 0 Å². The van der Waals surface area contributed by atoms with E-state index in [9.17, 15) is 5.11 Å². The van der Waals surface area contributed by atoms with E-state index in [1.807, 2.05) is 24.1 Å². The third-order valence-corrected chi connectivity index (χ3v) is 7.42. The zero-order valence-corrected chi connectivity index (χ0v) is 18.9. The van der Waals surface area contributed by atoms with Gasteiger partial charge in [0.05, 0.1) is 17.8 Å². The fourth-order valence-corrected chi connectivity index (χ4v) is 5.57. The van der Waals surface area contributed by atoms with E-state index in [0.29, 0.717) is 34.8 Å². The van der Waals surface area contributed by atoms with Crippen molar-refractivity contribution in [1.82, 2.24) is 20.2 Å². The number of pyridine rings is 1. The van der Waals surface area contributed by atoms with Gasteiger partial charge >= 0.3 is 0 Å². The highest BCUT2D eigenvalue weighted by Crippen LogP contribution is 2.43. The molecule has 2 aliphatic carbocycles. The minimum Gasteiger partial charge on any atom is -0.507 e. The van der Waals surface area contributed by atoms with Crippen LogP contribution in [-0.4, -0.2) is 51.3 Å². The molecule has 6 rings (SSSR count). The van der Waals surface area contributed by atoms with Crippen LogP contribution in [0.15, 0.2) is 36.7 Å². The molecule has 0 saturated heterocycles. The van der Waals surface area contributed by atoms with Crippen LogP contribution in [0.3, 0.4) is 0 Å². The minimum atomic E-state index is -0.856. The number of phenolic OH excluding ortho intramolecular Hbond substituents is 1. The number of fused-ring (bicyclic) bond motifs is 3. The van der Waals surface area contributed by atoms with Crippen LogP contribution >= 0.6 is 0 Å². The fraction of sp³-hybridized carbons (Fsp3) is 0.440. The second-order valence-corrected chi connectivity index (χ2v) is 9.46. The summed E-state index contributed by atoms with van der Waals surface area (Å²) < 4.78 is 25.8. The summed E-state index contributed by atoms with van der Waals surface area (Å²) in [6.45, 7) is 0.152.